The number of carbonyl (C=O) groups excluding carboxylic acids is 3. The number of hydrogen-bond donors (Lipinski definition) is 3. The van der Waals surface area contributed by atoms with Crippen LogP contribution in [0.4, 0.5) is 11.4 Å². The van der Waals surface area contributed by atoms with Crippen molar-refractivity contribution in [3.05, 3.63) is 130 Å². The molecule has 40 heavy (non-hydrogen) atoms. The van der Waals surface area contributed by atoms with Gasteiger partial charge in [0.05, 0.1) is 5.25 Å². The number of benzene rings is 4. The molecular formula is C31H25Cl2N3O3S. The van der Waals surface area contributed by atoms with Crippen molar-refractivity contribution < 1.29 is 14.4 Å². The van der Waals surface area contributed by atoms with Gasteiger partial charge in [-0.1, -0.05) is 59.6 Å². The van der Waals surface area contributed by atoms with E-state index in [1.165, 1.54) is 11.8 Å². The van der Waals surface area contributed by atoms with Gasteiger partial charge in [-0.2, -0.15) is 0 Å². The van der Waals surface area contributed by atoms with Crippen molar-refractivity contribution in [3.8, 4) is 0 Å². The summed E-state index contributed by atoms with van der Waals surface area (Å²) in [7, 11) is 0. The van der Waals surface area contributed by atoms with Crippen LogP contribution in [-0.4, -0.2) is 23.0 Å². The fourth-order valence-corrected chi connectivity index (χ4v) is 4.84. The maximum Gasteiger partial charge on any atom is 0.272 e. The van der Waals surface area contributed by atoms with Crippen LogP contribution in [0.25, 0.3) is 6.08 Å². The minimum absolute atomic E-state index is 0.0564. The quantitative estimate of drug-likeness (QED) is 0.139. The van der Waals surface area contributed by atoms with Gasteiger partial charge in [-0.25, -0.2) is 0 Å². The van der Waals surface area contributed by atoms with E-state index in [0.29, 0.717) is 32.5 Å². The van der Waals surface area contributed by atoms with Crippen LogP contribution in [0.15, 0.2) is 114 Å². The fourth-order valence-electron chi connectivity index (χ4n) is 3.59. The summed E-state index contributed by atoms with van der Waals surface area (Å²) in [6.07, 6.45) is 1.56. The van der Waals surface area contributed by atoms with Crippen molar-refractivity contribution in [1.82, 2.24) is 5.32 Å². The molecule has 0 saturated heterocycles. The molecule has 0 saturated carbocycles. The van der Waals surface area contributed by atoms with E-state index >= 15 is 0 Å². The molecule has 4 aromatic rings. The minimum Gasteiger partial charge on any atom is -0.325 e. The standard InChI is InChI=1S/C31H25Cl2N3O3S/c1-20(29(37)35-26-12-6-11-24(33)19-26)40-27-15-13-25(14-16-27)34-31(39)28(18-21-7-5-10-23(32)17-21)36-30(38)22-8-3-2-4-9-22/h2-20H,1H3,(H,34,39)(H,35,37)(H,36,38)/b28-18-. The van der Waals surface area contributed by atoms with E-state index in [2.05, 4.69) is 16.0 Å². The van der Waals surface area contributed by atoms with Crippen molar-refractivity contribution >= 4 is 70.1 Å². The zero-order valence-corrected chi connectivity index (χ0v) is 23.7. The number of thioether (sulfide) groups is 1. The first kappa shape index (κ1) is 29.0. The average Bonchev–Trinajstić information content (AvgIpc) is 2.94. The number of anilines is 2. The molecule has 0 bridgehead atoms. The number of rotatable bonds is 9. The summed E-state index contributed by atoms with van der Waals surface area (Å²) < 4.78 is 0. The summed E-state index contributed by atoms with van der Waals surface area (Å²) in [5.41, 5.74) is 2.28. The molecule has 202 valence electrons. The molecule has 0 aliphatic carbocycles. The molecule has 3 amide bonds. The van der Waals surface area contributed by atoms with Crippen molar-refractivity contribution in [1.29, 1.82) is 0 Å². The smallest absolute Gasteiger partial charge is 0.272 e. The van der Waals surface area contributed by atoms with E-state index in [1.54, 1.807) is 97.1 Å². The third-order valence-electron chi connectivity index (χ3n) is 5.57. The molecule has 0 spiro atoms. The highest BCUT2D eigenvalue weighted by Gasteiger charge is 2.17. The molecule has 6 nitrogen and oxygen atoms in total. The van der Waals surface area contributed by atoms with Gasteiger partial charge >= 0.3 is 0 Å². The second-order valence-electron chi connectivity index (χ2n) is 8.67. The number of halogens is 2. The number of amides is 3. The summed E-state index contributed by atoms with van der Waals surface area (Å²) in [5, 5.41) is 9.05. The summed E-state index contributed by atoms with van der Waals surface area (Å²) in [6, 6.07) is 29.6. The van der Waals surface area contributed by atoms with Crippen LogP contribution in [0.1, 0.15) is 22.8 Å². The van der Waals surface area contributed by atoms with Gasteiger partial charge in [-0.05, 0) is 85.3 Å². The first-order chi connectivity index (χ1) is 19.3. The molecule has 4 aromatic carbocycles. The lowest BCUT2D eigenvalue weighted by molar-refractivity contribution is -0.115. The highest BCUT2D eigenvalue weighted by Crippen LogP contribution is 2.26. The number of nitrogens with one attached hydrogen (secondary N) is 3. The summed E-state index contributed by atoms with van der Waals surface area (Å²) in [4.78, 5) is 39.5. The lowest BCUT2D eigenvalue weighted by Crippen LogP contribution is -2.30. The Morgan fingerprint density at radius 1 is 0.750 bits per heavy atom. The van der Waals surface area contributed by atoms with Crippen LogP contribution < -0.4 is 16.0 Å². The SMILES string of the molecule is CC(Sc1ccc(NC(=O)/C(=C/c2cccc(Cl)c2)NC(=O)c2ccccc2)cc1)C(=O)Nc1cccc(Cl)c1. The van der Waals surface area contributed by atoms with Crippen molar-refractivity contribution in [2.45, 2.75) is 17.1 Å². The van der Waals surface area contributed by atoms with Gasteiger partial charge in [0.25, 0.3) is 11.8 Å². The van der Waals surface area contributed by atoms with Gasteiger partial charge in [0, 0.05) is 31.9 Å². The van der Waals surface area contributed by atoms with Gasteiger partial charge in [-0.15, -0.1) is 11.8 Å². The Morgan fingerprint density at radius 3 is 2.10 bits per heavy atom. The second kappa shape index (κ2) is 13.8. The van der Waals surface area contributed by atoms with Crippen LogP contribution in [0, 0.1) is 0 Å². The van der Waals surface area contributed by atoms with Gasteiger partial charge in [-0.3, -0.25) is 14.4 Å². The van der Waals surface area contributed by atoms with Crippen LogP contribution in [0.2, 0.25) is 10.0 Å². The summed E-state index contributed by atoms with van der Waals surface area (Å²) >= 11 is 13.5. The molecule has 0 aliphatic heterocycles. The summed E-state index contributed by atoms with van der Waals surface area (Å²) in [5.74, 6) is -1.07. The molecule has 0 heterocycles. The van der Waals surface area contributed by atoms with Gasteiger partial charge in [0.2, 0.25) is 5.91 Å². The van der Waals surface area contributed by atoms with E-state index < -0.39 is 11.8 Å². The molecule has 1 unspecified atom stereocenters. The average molecular weight is 591 g/mol. The second-order valence-corrected chi connectivity index (χ2v) is 11.0. The highest BCUT2D eigenvalue weighted by atomic mass is 35.5. The predicted molar refractivity (Wildman–Crippen MR) is 164 cm³/mol. The maximum atomic E-state index is 13.2. The first-order valence-corrected chi connectivity index (χ1v) is 13.9. The summed E-state index contributed by atoms with van der Waals surface area (Å²) in [6.45, 7) is 1.81. The third-order valence-corrected chi connectivity index (χ3v) is 7.16. The molecule has 3 N–H and O–H groups in total. The largest absolute Gasteiger partial charge is 0.325 e. The Bertz CT molecular complexity index is 1540. The number of hydrogen-bond acceptors (Lipinski definition) is 4. The Balaban J connectivity index is 1.43. The lowest BCUT2D eigenvalue weighted by atomic mass is 10.1. The van der Waals surface area contributed by atoms with Gasteiger partial charge in [0.15, 0.2) is 0 Å². The molecule has 0 fully saturated rings. The van der Waals surface area contributed by atoms with Crippen molar-refractivity contribution in [2.24, 2.45) is 0 Å². The molecule has 1 atom stereocenters. The van der Waals surface area contributed by atoms with E-state index in [9.17, 15) is 14.4 Å². The Labute approximate surface area is 246 Å². The van der Waals surface area contributed by atoms with E-state index in [-0.39, 0.29) is 16.9 Å². The fraction of sp³-hybridized carbons (Fsp3) is 0.0645. The molecule has 0 aromatic heterocycles. The Hall–Kier alpha value is -4.04. The van der Waals surface area contributed by atoms with Crippen LogP contribution >= 0.6 is 35.0 Å². The maximum absolute atomic E-state index is 13.2. The zero-order valence-electron chi connectivity index (χ0n) is 21.4. The van der Waals surface area contributed by atoms with E-state index in [1.807, 2.05) is 19.1 Å². The third kappa shape index (κ3) is 8.48. The molecule has 0 radical (unpaired) electrons. The Morgan fingerprint density at radius 2 is 1.43 bits per heavy atom. The van der Waals surface area contributed by atoms with E-state index in [0.717, 1.165) is 4.90 Å². The van der Waals surface area contributed by atoms with Crippen LogP contribution in [0.3, 0.4) is 0 Å². The topological polar surface area (TPSA) is 87.3 Å². The lowest BCUT2D eigenvalue weighted by Gasteiger charge is -2.14. The molecule has 9 heteroatoms. The minimum atomic E-state index is -0.501. The van der Waals surface area contributed by atoms with Crippen LogP contribution in [0.5, 0.6) is 0 Å². The zero-order chi connectivity index (χ0) is 28.5. The normalized spacial score (nSPS) is 11.8. The molecular weight excluding hydrogens is 565 g/mol. The van der Waals surface area contributed by atoms with Crippen molar-refractivity contribution in [2.75, 3.05) is 10.6 Å². The predicted octanol–water partition coefficient (Wildman–Crippen LogP) is 7.52. The van der Waals surface area contributed by atoms with Gasteiger partial charge in [0.1, 0.15) is 5.70 Å². The van der Waals surface area contributed by atoms with Gasteiger partial charge < -0.3 is 16.0 Å². The monoisotopic (exact) mass is 589 g/mol. The van der Waals surface area contributed by atoms with E-state index in [4.69, 9.17) is 23.2 Å². The van der Waals surface area contributed by atoms with Crippen molar-refractivity contribution in [3.63, 3.8) is 0 Å². The Kier molecular flexibility index (Phi) is 10.0. The molecule has 0 aliphatic rings. The first-order valence-electron chi connectivity index (χ1n) is 12.2. The van der Waals surface area contributed by atoms with Crippen LogP contribution in [-0.2, 0) is 9.59 Å². The molecule has 4 rings (SSSR count). The highest BCUT2D eigenvalue weighted by molar-refractivity contribution is 8.00. The number of carbonyl (C=O) groups is 3.